The van der Waals surface area contributed by atoms with Gasteiger partial charge in [-0.25, -0.2) is 21.6 Å². The minimum atomic E-state index is -4.15. The zero-order chi connectivity index (χ0) is 32.7. The van der Waals surface area contributed by atoms with Gasteiger partial charge in [0.25, 0.3) is 10.0 Å². The SMILES string of the molecule is [C-]#[N+]c1sccc1-c1c(-c2cccc(-c3ccc(CN4CCN(C)CC4)cc3)c2)n(S(=O)(=O)c2ccc(C)cc2)c2ccc(F)cc12. The zero-order valence-electron chi connectivity index (χ0n) is 26.2. The van der Waals surface area contributed by atoms with Crippen LogP contribution in [0.5, 0.6) is 0 Å². The Morgan fingerprint density at radius 2 is 1.57 bits per heavy atom. The van der Waals surface area contributed by atoms with E-state index in [-0.39, 0.29) is 4.90 Å². The van der Waals surface area contributed by atoms with Crippen molar-refractivity contribution in [1.29, 1.82) is 0 Å². The van der Waals surface area contributed by atoms with Gasteiger partial charge in [0.2, 0.25) is 5.00 Å². The van der Waals surface area contributed by atoms with Gasteiger partial charge in [0.05, 0.1) is 22.7 Å². The smallest absolute Gasteiger partial charge is 0.268 e. The summed E-state index contributed by atoms with van der Waals surface area (Å²) in [5.74, 6) is -0.486. The van der Waals surface area contributed by atoms with Crippen LogP contribution < -0.4 is 0 Å². The molecular weight excluding hydrogens is 628 g/mol. The van der Waals surface area contributed by atoms with Gasteiger partial charge in [-0.05, 0) is 72.4 Å². The molecule has 0 amide bonds. The standard InChI is InChI=1S/C38H33FN4O2S2/c1-26-7-14-32(15-8-26)47(44,45)43-35-16-13-31(39)24-34(35)36(33-17-22-46-38(33)40-2)37(43)30-6-4-5-29(23-30)28-11-9-27(10-12-28)25-42-20-18-41(3)19-21-42/h4-17,22-24H,18-21,25H2,1,3H3. The Hall–Kier alpha value is -4.59. The van der Waals surface area contributed by atoms with E-state index in [0.717, 1.165) is 49.4 Å². The molecule has 0 radical (unpaired) electrons. The molecule has 6 nitrogen and oxygen atoms in total. The molecule has 236 valence electrons. The first-order chi connectivity index (χ1) is 22.7. The molecule has 47 heavy (non-hydrogen) atoms. The summed E-state index contributed by atoms with van der Waals surface area (Å²) in [4.78, 5) is 8.68. The number of likely N-dealkylation sites (N-methyl/N-ethyl adjacent to an activating group) is 1. The van der Waals surface area contributed by atoms with E-state index >= 15 is 0 Å². The highest BCUT2D eigenvalue weighted by atomic mass is 32.2. The maximum atomic E-state index is 14.9. The summed E-state index contributed by atoms with van der Waals surface area (Å²) in [6.07, 6.45) is 0. The lowest BCUT2D eigenvalue weighted by molar-refractivity contribution is 0.148. The van der Waals surface area contributed by atoms with E-state index in [1.54, 1.807) is 24.3 Å². The van der Waals surface area contributed by atoms with Crippen LogP contribution in [0.2, 0.25) is 0 Å². The first kappa shape index (κ1) is 31.0. The molecule has 0 aliphatic carbocycles. The molecule has 2 aromatic heterocycles. The number of benzene rings is 4. The number of aryl methyl sites for hydroxylation is 1. The first-order valence-electron chi connectivity index (χ1n) is 15.4. The molecule has 1 saturated heterocycles. The Kier molecular flexibility index (Phi) is 8.28. The van der Waals surface area contributed by atoms with Crippen molar-refractivity contribution in [2.75, 3.05) is 33.2 Å². The Morgan fingerprint density at radius 1 is 0.851 bits per heavy atom. The molecular formula is C38H33FN4O2S2. The van der Waals surface area contributed by atoms with Crippen LogP contribution in [0.3, 0.4) is 0 Å². The summed E-state index contributed by atoms with van der Waals surface area (Å²) in [6, 6.07) is 29.0. The van der Waals surface area contributed by atoms with Crippen molar-refractivity contribution in [1.82, 2.24) is 13.8 Å². The maximum Gasteiger partial charge on any atom is 0.268 e. The third-order valence-electron chi connectivity index (χ3n) is 8.89. The lowest BCUT2D eigenvalue weighted by Crippen LogP contribution is -2.43. The average Bonchev–Trinajstić information content (AvgIpc) is 3.68. The molecule has 0 N–H and O–H groups in total. The van der Waals surface area contributed by atoms with Gasteiger partial charge >= 0.3 is 0 Å². The van der Waals surface area contributed by atoms with E-state index in [2.05, 4.69) is 46.0 Å². The van der Waals surface area contributed by atoms with Crippen molar-refractivity contribution < 1.29 is 12.8 Å². The van der Waals surface area contributed by atoms with E-state index < -0.39 is 15.8 Å². The number of fused-ring (bicyclic) bond motifs is 1. The van der Waals surface area contributed by atoms with E-state index in [1.165, 1.54) is 39.1 Å². The molecule has 1 aliphatic rings. The minimum absolute atomic E-state index is 0.125. The molecule has 0 saturated carbocycles. The molecule has 4 aromatic carbocycles. The summed E-state index contributed by atoms with van der Waals surface area (Å²) >= 11 is 1.28. The van der Waals surface area contributed by atoms with Crippen LogP contribution in [0.15, 0.2) is 107 Å². The topological polar surface area (TPSA) is 49.9 Å². The van der Waals surface area contributed by atoms with Gasteiger partial charge in [0.15, 0.2) is 0 Å². The number of aromatic nitrogens is 1. The third kappa shape index (κ3) is 5.90. The van der Waals surface area contributed by atoms with Crippen molar-refractivity contribution in [2.45, 2.75) is 18.4 Å². The molecule has 0 unspecified atom stereocenters. The summed E-state index contributed by atoms with van der Waals surface area (Å²) in [5.41, 5.74) is 6.58. The molecule has 7 rings (SSSR count). The van der Waals surface area contributed by atoms with Gasteiger partial charge < -0.3 is 4.90 Å². The second kappa shape index (κ2) is 12.5. The maximum absolute atomic E-state index is 14.9. The van der Waals surface area contributed by atoms with Crippen LogP contribution in [0.1, 0.15) is 11.1 Å². The predicted octanol–water partition coefficient (Wildman–Crippen LogP) is 8.69. The number of thiophene rings is 1. The monoisotopic (exact) mass is 660 g/mol. The van der Waals surface area contributed by atoms with Crippen molar-refractivity contribution in [3.63, 3.8) is 0 Å². The first-order valence-corrected chi connectivity index (χ1v) is 17.8. The van der Waals surface area contributed by atoms with E-state index in [9.17, 15) is 12.8 Å². The second-order valence-corrected chi connectivity index (χ2v) is 14.8. The molecule has 9 heteroatoms. The molecule has 0 spiro atoms. The van der Waals surface area contributed by atoms with Crippen LogP contribution in [-0.2, 0) is 16.6 Å². The molecule has 0 bridgehead atoms. The van der Waals surface area contributed by atoms with Gasteiger partial charge in [-0.15, -0.1) is 0 Å². The van der Waals surface area contributed by atoms with Crippen molar-refractivity contribution in [3.8, 4) is 33.5 Å². The molecule has 1 aliphatic heterocycles. The van der Waals surface area contributed by atoms with Gasteiger partial charge in [0, 0.05) is 54.8 Å². The molecule has 6 aromatic rings. The number of hydrogen-bond donors (Lipinski definition) is 0. The number of hydrogen-bond acceptors (Lipinski definition) is 5. The van der Waals surface area contributed by atoms with Crippen molar-refractivity contribution in [2.24, 2.45) is 0 Å². The highest BCUT2D eigenvalue weighted by molar-refractivity contribution is 7.90. The second-order valence-electron chi connectivity index (χ2n) is 12.1. The Bertz CT molecular complexity index is 2240. The minimum Gasteiger partial charge on any atom is -0.304 e. The van der Waals surface area contributed by atoms with E-state index in [4.69, 9.17) is 6.57 Å². The molecule has 3 heterocycles. The van der Waals surface area contributed by atoms with Gasteiger partial charge in [-0.1, -0.05) is 66.2 Å². The third-order valence-corrected chi connectivity index (χ3v) is 11.4. The summed E-state index contributed by atoms with van der Waals surface area (Å²) < 4.78 is 45.3. The normalized spacial score (nSPS) is 14.4. The fraction of sp³-hybridized carbons (Fsp3) is 0.184. The number of rotatable bonds is 7. The van der Waals surface area contributed by atoms with Gasteiger partial charge in [-0.3, -0.25) is 4.90 Å². The Labute approximate surface area is 278 Å². The van der Waals surface area contributed by atoms with Crippen LogP contribution in [0.25, 0.3) is 49.3 Å². The van der Waals surface area contributed by atoms with Gasteiger partial charge in [-0.2, -0.15) is 11.3 Å². The number of nitrogens with zero attached hydrogens (tertiary/aromatic N) is 4. The average molecular weight is 661 g/mol. The highest BCUT2D eigenvalue weighted by Gasteiger charge is 2.30. The summed E-state index contributed by atoms with van der Waals surface area (Å²) in [5, 5.41) is 2.65. The van der Waals surface area contributed by atoms with E-state index in [1.807, 2.05) is 42.6 Å². The van der Waals surface area contributed by atoms with Crippen LogP contribution in [0, 0.1) is 19.3 Å². The fourth-order valence-corrected chi connectivity index (χ4v) is 8.55. The van der Waals surface area contributed by atoms with E-state index in [0.29, 0.717) is 38.3 Å². The number of piperazine rings is 1. The van der Waals surface area contributed by atoms with Crippen LogP contribution >= 0.6 is 11.3 Å². The largest absolute Gasteiger partial charge is 0.304 e. The highest BCUT2D eigenvalue weighted by Crippen LogP contribution is 2.48. The fourth-order valence-electron chi connectivity index (χ4n) is 6.33. The van der Waals surface area contributed by atoms with Crippen molar-refractivity contribution in [3.05, 3.63) is 131 Å². The quantitative estimate of drug-likeness (QED) is 0.161. The molecule has 0 atom stereocenters. The predicted molar refractivity (Wildman–Crippen MR) is 189 cm³/mol. The van der Waals surface area contributed by atoms with Crippen molar-refractivity contribution >= 4 is 37.3 Å². The summed E-state index contributed by atoms with van der Waals surface area (Å²) in [7, 11) is -2.00. The van der Waals surface area contributed by atoms with Gasteiger partial charge in [0.1, 0.15) is 5.82 Å². The van der Waals surface area contributed by atoms with Crippen LogP contribution in [0.4, 0.5) is 9.39 Å². The number of halogens is 1. The summed E-state index contributed by atoms with van der Waals surface area (Å²) in [6.45, 7) is 14.9. The Balaban J connectivity index is 1.40. The lowest BCUT2D eigenvalue weighted by Gasteiger charge is -2.32. The lowest BCUT2D eigenvalue weighted by atomic mass is 9.96. The molecule has 1 fully saturated rings. The zero-order valence-corrected chi connectivity index (χ0v) is 27.8. The Morgan fingerprint density at radius 3 is 2.30 bits per heavy atom. The van der Waals surface area contributed by atoms with Crippen LogP contribution in [-0.4, -0.2) is 55.4 Å².